The van der Waals surface area contributed by atoms with Gasteiger partial charge in [0.2, 0.25) is 5.91 Å². The number of hydrogen-bond donors (Lipinski definition) is 1. The van der Waals surface area contributed by atoms with E-state index in [-0.39, 0.29) is 11.4 Å². The summed E-state index contributed by atoms with van der Waals surface area (Å²) in [7, 11) is 1.68. The van der Waals surface area contributed by atoms with Crippen molar-refractivity contribution in [3.05, 3.63) is 42.0 Å². The highest BCUT2D eigenvalue weighted by molar-refractivity contribution is 5.87. The van der Waals surface area contributed by atoms with Crippen LogP contribution in [0.2, 0.25) is 0 Å². The van der Waals surface area contributed by atoms with E-state index in [0.717, 1.165) is 56.6 Å². The van der Waals surface area contributed by atoms with E-state index in [0.29, 0.717) is 6.54 Å². The van der Waals surface area contributed by atoms with E-state index in [1.165, 1.54) is 11.9 Å². The van der Waals surface area contributed by atoms with E-state index in [9.17, 15) is 4.79 Å². The quantitative estimate of drug-likeness (QED) is 0.882. The predicted molar refractivity (Wildman–Crippen MR) is 96.7 cm³/mol. The van der Waals surface area contributed by atoms with Gasteiger partial charge in [0.05, 0.1) is 13.7 Å². The highest BCUT2D eigenvalue weighted by Crippen LogP contribution is 2.37. The number of likely N-dealkylation sites (tertiary alicyclic amines) is 1. The van der Waals surface area contributed by atoms with Crippen molar-refractivity contribution < 1.29 is 9.53 Å². The first kappa shape index (κ1) is 17.0. The second-order valence-corrected chi connectivity index (χ2v) is 7.16. The van der Waals surface area contributed by atoms with E-state index in [4.69, 9.17) is 4.74 Å². The van der Waals surface area contributed by atoms with Crippen molar-refractivity contribution in [3.8, 4) is 5.75 Å². The van der Waals surface area contributed by atoms with Gasteiger partial charge in [-0.1, -0.05) is 6.07 Å². The Morgan fingerprint density at radius 1 is 1.27 bits per heavy atom. The van der Waals surface area contributed by atoms with E-state index in [1.807, 2.05) is 6.07 Å². The molecule has 4 rings (SSSR count). The van der Waals surface area contributed by atoms with E-state index in [1.54, 1.807) is 18.1 Å². The van der Waals surface area contributed by atoms with Crippen LogP contribution < -0.4 is 10.1 Å². The monoisotopic (exact) mass is 355 g/mol. The number of ether oxygens (including phenoxy) is 1. The molecular weight excluding hydrogens is 330 g/mol. The molecule has 1 spiro atoms. The highest BCUT2D eigenvalue weighted by Gasteiger charge is 2.48. The Labute approximate surface area is 153 Å². The second-order valence-electron chi connectivity index (χ2n) is 7.16. The zero-order valence-corrected chi connectivity index (χ0v) is 15.1. The number of aromatic nitrogens is 3. The summed E-state index contributed by atoms with van der Waals surface area (Å²) in [6.45, 7) is 3.17. The smallest absolute Gasteiger partial charge is 0.240 e. The zero-order chi connectivity index (χ0) is 18.0. The summed E-state index contributed by atoms with van der Waals surface area (Å²) in [5, 5.41) is 7.26. The van der Waals surface area contributed by atoms with Gasteiger partial charge >= 0.3 is 0 Å². The van der Waals surface area contributed by atoms with Gasteiger partial charge in [-0.05, 0) is 49.9 Å². The molecule has 2 aliphatic rings. The largest absolute Gasteiger partial charge is 0.496 e. The number of nitrogens with one attached hydrogen (secondary N) is 1. The van der Waals surface area contributed by atoms with Crippen LogP contribution >= 0.6 is 0 Å². The summed E-state index contributed by atoms with van der Waals surface area (Å²) in [5.41, 5.74) is 1.95. The first-order chi connectivity index (χ1) is 12.7. The lowest BCUT2D eigenvalue weighted by Gasteiger charge is -2.40. The highest BCUT2D eigenvalue weighted by atomic mass is 16.5. The third kappa shape index (κ3) is 3.07. The number of hydrogen-bond acceptors (Lipinski definition) is 5. The van der Waals surface area contributed by atoms with Gasteiger partial charge in [-0.2, -0.15) is 5.10 Å². The number of methoxy groups -OCH3 is 1. The molecule has 2 fully saturated rings. The normalized spacial score (nSPS) is 23.3. The van der Waals surface area contributed by atoms with Crippen LogP contribution in [0.4, 0.5) is 0 Å². The summed E-state index contributed by atoms with van der Waals surface area (Å²) in [4.78, 5) is 19.0. The van der Waals surface area contributed by atoms with E-state index >= 15 is 0 Å². The van der Waals surface area contributed by atoms with Gasteiger partial charge in [0.15, 0.2) is 0 Å². The summed E-state index contributed by atoms with van der Waals surface area (Å²) in [6.07, 6.45) is 7.29. The summed E-state index contributed by atoms with van der Waals surface area (Å²) in [5.74, 6) is 1.05. The molecule has 26 heavy (non-hydrogen) atoms. The fourth-order valence-electron chi connectivity index (χ4n) is 4.33. The van der Waals surface area contributed by atoms with Crippen LogP contribution in [0.3, 0.4) is 0 Å². The average molecular weight is 355 g/mol. The maximum absolute atomic E-state index is 12.6. The molecule has 2 aliphatic heterocycles. The first-order valence-electron chi connectivity index (χ1n) is 9.23. The third-order valence-corrected chi connectivity index (χ3v) is 5.62. The van der Waals surface area contributed by atoms with Gasteiger partial charge in [-0.3, -0.25) is 9.69 Å². The minimum Gasteiger partial charge on any atom is -0.496 e. The molecule has 3 heterocycles. The first-order valence-corrected chi connectivity index (χ1v) is 9.23. The molecule has 7 nitrogen and oxygen atoms in total. The Hall–Kier alpha value is -2.41. The SMILES string of the molecule is COc1ccc(CN2CCCC23CCCNC3=O)cc1Cn1cncn1. The fourth-order valence-corrected chi connectivity index (χ4v) is 4.33. The van der Waals surface area contributed by atoms with Crippen molar-refractivity contribution in [2.45, 2.75) is 44.3 Å². The summed E-state index contributed by atoms with van der Waals surface area (Å²) >= 11 is 0. The van der Waals surface area contributed by atoms with Crippen LogP contribution in [-0.2, 0) is 17.9 Å². The van der Waals surface area contributed by atoms with Crippen molar-refractivity contribution in [1.82, 2.24) is 25.0 Å². The topological polar surface area (TPSA) is 72.3 Å². The Kier molecular flexibility index (Phi) is 4.63. The number of carbonyl (C=O) groups excluding carboxylic acids is 1. The lowest BCUT2D eigenvalue weighted by Crippen LogP contribution is -2.58. The van der Waals surface area contributed by atoms with Crippen molar-refractivity contribution in [3.63, 3.8) is 0 Å². The molecule has 0 bridgehead atoms. The predicted octanol–water partition coefficient (Wildman–Crippen LogP) is 1.58. The second kappa shape index (κ2) is 7.07. The van der Waals surface area contributed by atoms with Crippen molar-refractivity contribution in [1.29, 1.82) is 0 Å². The number of rotatable bonds is 5. The summed E-state index contributed by atoms with van der Waals surface area (Å²) in [6, 6.07) is 6.26. The minimum absolute atomic E-state index is 0.206. The molecule has 0 radical (unpaired) electrons. The van der Waals surface area contributed by atoms with Gasteiger partial charge < -0.3 is 10.1 Å². The third-order valence-electron chi connectivity index (χ3n) is 5.62. The zero-order valence-electron chi connectivity index (χ0n) is 15.1. The van der Waals surface area contributed by atoms with Crippen LogP contribution in [-0.4, -0.2) is 51.3 Å². The van der Waals surface area contributed by atoms with Gasteiger partial charge in [0.25, 0.3) is 0 Å². The molecule has 1 N–H and O–H groups in total. The lowest BCUT2D eigenvalue weighted by molar-refractivity contribution is -0.134. The van der Waals surface area contributed by atoms with Crippen molar-refractivity contribution in [2.24, 2.45) is 0 Å². The molecular formula is C19H25N5O2. The fraction of sp³-hybridized carbons (Fsp3) is 0.526. The van der Waals surface area contributed by atoms with Crippen molar-refractivity contribution in [2.75, 3.05) is 20.2 Å². The van der Waals surface area contributed by atoms with E-state index in [2.05, 4.69) is 32.4 Å². The van der Waals surface area contributed by atoms with E-state index < -0.39 is 0 Å². The molecule has 1 amide bonds. The Morgan fingerprint density at radius 3 is 2.92 bits per heavy atom. The molecule has 0 saturated carbocycles. The lowest BCUT2D eigenvalue weighted by atomic mass is 9.86. The van der Waals surface area contributed by atoms with Crippen molar-refractivity contribution >= 4 is 5.91 Å². The molecule has 1 unspecified atom stereocenters. The van der Waals surface area contributed by atoms with Gasteiger partial charge in [0, 0.05) is 18.7 Å². The number of nitrogens with zero attached hydrogens (tertiary/aromatic N) is 4. The van der Waals surface area contributed by atoms with Gasteiger partial charge in [-0.15, -0.1) is 0 Å². The Bertz CT molecular complexity index is 776. The Balaban J connectivity index is 1.57. The molecule has 1 atom stereocenters. The molecule has 2 saturated heterocycles. The number of carbonyl (C=O) groups is 1. The van der Waals surface area contributed by atoms with Gasteiger partial charge in [-0.25, -0.2) is 9.67 Å². The number of benzene rings is 1. The molecule has 0 aliphatic carbocycles. The number of amides is 1. The minimum atomic E-state index is -0.315. The Morgan fingerprint density at radius 2 is 2.15 bits per heavy atom. The maximum Gasteiger partial charge on any atom is 0.240 e. The average Bonchev–Trinajstić information content (AvgIpc) is 3.29. The van der Waals surface area contributed by atoms with Gasteiger partial charge in [0.1, 0.15) is 23.9 Å². The molecule has 138 valence electrons. The van der Waals surface area contributed by atoms with Crippen LogP contribution in [0.15, 0.2) is 30.9 Å². The number of piperidine rings is 1. The molecule has 1 aromatic carbocycles. The molecule has 2 aromatic rings. The maximum atomic E-state index is 12.6. The molecule has 7 heteroatoms. The van der Waals surface area contributed by atoms with Crippen LogP contribution in [0.25, 0.3) is 0 Å². The standard InChI is InChI=1S/C19H25N5O2/c1-26-17-5-4-15(10-16(17)12-24-14-20-13-22-24)11-23-9-3-7-19(23)6-2-8-21-18(19)25/h4-5,10,13-14H,2-3,6-9,11-12H2,1H3,(H,21,25). The van der Waals surface area contributed by atoms with Crippen LogP contribution in [0.1, 0.15) is 36.8 Å². The van der Waals surface area contributed by atoms with Crippen LogP contribution in [0.5, 0.6) is 5.75 Å². The van der Waals surface area contributed by atoms with Crippen LogP contribution in [0, 0.1) is 0 Å². The molecule has 1 aromatic heterocycles. The summed E-state index contributed by atoms with van der Waals surface area (Å²) < 4.78 is 7.29.